The number of carboxylic acid groups (broad SMARTS) is 1. The topological polar surface area (TPSA) is 40.5 Å². The zero-order valence-electron chi connectivity index (χ0n) is 12.4. The van der Waals surface area contributed by atoms with E-state index in [1.165, 1.54) is 16.7 Å². The van der Waals surface area contributed by atoms with Gasteiger partial charge in [0.2, 0.25) is 0 Å². The van der Waals surface area contributed by atoms with E-state index in [4.69, 9.17) is 0 Å². The van der Waals surface area contributed by atoms with Crippen LogP contribution in [-0.2, 0) is 11.3 Å². The summed E-state index contributed by atoms with van der Waals surface area (Å²) in [6, 6.07) is 6.53. The average Bonchev–Trinajstić information content (AvgIpc) is 2.91. The van der Waals surface area contributed by atoms with Crippen molar-refractivity contribution in [1.29, 1.82) is 0 Å². The fraction of sp³-hybridized carbons (Fsp3) is 0.588. The summed E-state index contributed by atoms with van der Waals surface area (Å²) in [7, 11) is 0. The summed E-state index contributed by atoms with van der Waals surface area (Å²) in [5.41, 5.74) is 3.46. The average molecular weight is 273 g/mol. The van der Waals surface area contributed by atoms with Crippen molar-refractivity contribution in [3.63, 3.8) is 0 Å². The van der Waals surface area contributed by atoms with Crippen molar-refractivity contribution >= 4 is 5.97 Å². The highest BCUT2D eigenvalue weighted by Crippen LogP contribution is 2.49. The van der Waals surface area contributed by atoms with Gasteiger partial charge in [-0.3, -0.25) is 9.69 Å². The molecule has 1 saturated heterocycles. The molecule has 1 aliphatic heterocycles. The van der Waals surface area contributed by atoms with Crippen LogP contribution in [0.3, 0.4) is 0 Å². The predicted octanol–water partition coefficient (Wildman–Crippen LogP) is 2.99. The molecule has 1 aliphatic carbocycles. The number of hydrogen-bond acceptors (Lipinski definition) is 2. The van der Waals surface area contributed by atoms with E-state index < -0.39 is 11.4 Å². The van der Waals surface area contributed by atoms with Gasteiger partial charge < -0.3 is 5.11 Å². The maximum atomic E-state index is 11.7. The van der Waals surface area contributed by atoms with Crippen molar-refractivity contribution in [3.05, 3.63) is 34.9 Å². The van der Waals surface area contributed by atoms with Crippen molar-refractivity contribution in [3.8, 4) is 0 Å². The molecule has 108 valence electrons. The number of nitrogens with zero attached hydrogens (tertiary/aromatic N) is 1. The Hall–Kier alpha value is -1.35. The summed E-state index contributed by atoms with van der Waals surface area (Å²) < 4.78 is 0. The number of benzene rings is 1. The van der Waals surface area contributed by atoms with Crippen molar-refractivity contribution in [2.45, 2.75) is 39.7 Å². The number of carbonyl (C=O) groups is 1. The first kappa shape index (κ1) is 13.6. The van der Waals surface area contributed by atoms with Crippen molar-refractivity contribution in [2.75, 3.05) is 13.1 Å². The molecule has 0 radical (unpaired) electrons. The molecule has 1 heterocycles. The van der Waals surface area contributed by atoms with E-state index in [0.717, 1.165) is 38.9 Å². The maximum absolute atomic E-state index is 11.7. The molecule has 1 aromatic carbocycles. The van der Waals surface area contributed by atoms with E-state index in [9.17, 15) is 9.90 Å². The van der Waals surface area contributed by atoms with Crippen molar-refractivity contribution in [1.82, 2.24) is 4.90 Å². The molecular formula is C17H23NO2. The van der Waals surface area contributed by atoms with Crippen LogP contribution in [0.25, 0.3) is 0 Å². The van der Waals surface area contributed by atoms with Crippen LogP contribution in [0.15, 0.2) is 18.2 Å². The minimum atomic E-state index is -0.580. The molecule has 0 aromatic heterocycles. The van der Waals surface area contributed by atoms with Gasteiger partial charge in [0.1, 0.15) is 0 Å². The lowest BCUT2D eigenvalue weighted by molar-refractivity contribution is -0.149. The molecule has 3 nitrogen and oxygen atoms in total. The Morgan fingerprint density at radius 3 is 2.95 bits per heavy atom. The van der Waals surface area contributed by atoms with Gasteiger partial charge in [0.15, 0.2) is 0 Å². The van der Waals surface area contributed by atoms with Gasteiger partial charge >= 0.3 is 5.97 Å². The lowest BCUT2D eigenvalue weighted by Gasteiger charge is -2.23. The second-order valence-corrected chi connectivity index (χ2v) is 6.65. The number of aliphatic carboxylic acids is 1. The van der Waals surface area contributed by atoms with Crippen LogP contribution in [-0.4, -0.2) is 29.1 Å². The highest BCUT2D eigenvalue weighted by molar-refractivity contribution is 5.76. The normalized spacial score (nSPS) is 29.6. The number of rotatable bonds is 3. The number of carboxylic acids is 1. The molecule has 2 atom stereocenters. The quantitative estimate of drug-likeness (QED) is 0.920. The molecule has 1 saturated carbocycles. The SMILES string of the molecule is Cc1ccc(C)c(CN2C[C@@H]3CCC[C@@]3(C(=O)O)C2)c1. The van der Waals surface area contributed by atoms with Gasteiger partial charge in [-0.15, -0.1) is 0 Å². The Bertz CT molecular complexity index is 540. The third-order valence-electron chi connectivity index (χ3n) is 5.27. The van der Waals surface area contributed by atoms with Gasteiger partial charge in [-0.1, -0.05) is 30.2 Å². The smallest absolute Gasteiger partial charge is 0.311 e. The van der Waals surface area contributed by atoms with Gasteiger partial charge in [-0.2, -0.15) is 0 Å². The highest BCUT2D eigenvalue weighted by Gasteiger charge is 2.54. The first-order chi connectivity index (χ1) is 9.51. The second kappa shape index (κ2) is 4.88. The molecule has 0 spiro atoms. The fourth-order valence-electron chi connectivity index (χ4n) is 4.07. The summed E-state index contributed by atoms with van der Waals surface area (Å²) in [5.74, 6) is -0.228. The van der Waals surface area contributed by atoms with Crippen LogP contribution in [0.2, 0.25) is 0 Å². The van der Waals surface area contributed by atoms with E-state index in [1.807, 2.05) is 0 Å². The zero-order valence-corrected chi connectivity index (χ0v) is 12.4. The Morgan fingerprint density at radius 2 is 2.25 bits per heavy atom. The third kappa shape index (κ3) is 2.14. The largest absolute Gasteiger partial charge is 0.481 e. The third-order valence-corrected chi connectivity index (χ3v) is 5.27. The van der Waals surface area contributed by atoms with Crippen molar-refractivity contribution < 1.29 is 9.90 Å². The molecule has 0 unspecified atom stereocenters. The van der Waals surface area contributed by atoms with Gasteiger partial charge in [-0.05, 0) is 43.7 Å². The van der Waals surface area contributed by atoms with E-state index in [1.54, 1.807) is 0 Å². The first-order valence-electron chi connectivity index (χ1n) is 7.53. The molecule has 0 bridgehead atoms. The van der Waals surface area contributed by atoms with Crippen LogP contribution >= 0.6 is 0 Å². The Balaban J connectivity index is 1.78. The lowest BCUT2D eigenvalue weighted by Crippen LogP contribution is -2.35. The van der Waals surface area contributed by atoms with E-state index in [-0.39, 0.29) is 0 Å². The molecule has 3 rings (SSSR count). The van der Waals surface area contributed by atoms with Crippen molar-refractivity contribution in [2.24, 2.45) is 11.3 Å². The molecule has 1 N–H and O–H groups in total. The molecule has 2 fully saturated rings. The zero-order chi connectivity index (χ0) is 14.3. The van der Waals surface area contributed by atoms with Gasteiger partial charge in [0.05, 0.1) is 5.41 Å². The summed E-state index contributed by atoms with van der Waals surface area (Å²) in [4.78, 5) is 14.0. The minimum absolute atomic E-state index is 0.352. The van der Waals surface area contributed by atoms with Crippen LogP contribution in [0, 0.1) is 25.2 Å². The number of fused-ring (bicyclic) bond motifs is 1. The Kier molecular flexibility index (Phi) is 3.33. The molecule has 20 heavy (non-hydrogen) atoms. The van der Waals surface area contributed by atoms with Crippen LogP contribution in [0.5, 0.6) is 0 Å². The summed E-state index contributed by atoms with van der Waals surface area (Å²) in [6.45, 7) is 6.80. The molecule has 1 aromatic rings. The standard InChI is InChI=1S/C17H23NO2/c1-12-5-6-13(2)14(8-12)9-18-10-15-4-3-7-17(15,11-18)16(19)20/h5-6,8,15H,3-4,7,9-11H2,1-2H3,(H,19,20)/t15-,17+/m0/s1. The van der Waals surface area contributed by atoms with Crippen LogP contribution in [0.1, 0.15) is 36.0 Å². The van der Waals surface area contributed by atoms with E-state index in [0.29, 0.717) is 5.92 Å². The molecule has 2 aliphatic rings. The molecule has 3 heteroatoms. The number of likely N-dealkylation sites (tertiary alicyclic amines) is 1. The number of aryl methyl sites for hydroxylation is 2. The lowest BCUT2D eigenvalue weighted by atomic mass is 9.81. The highest BCUT2D eigenvalue weighted by atomic mass is 16.4. The molecule has 0 amide bonds. The number of hydrogen-bond donors (Lipinski definition) is 1. The van der Waals surface area contributed by atoms with Crippen LogP contribution in [0.4, 0.5) is 0 Å². The monoisotopic (exact) mass is 273 g/mol. The fourth-order valence-corrected chi connectivity index (χ4v) is 4.07. The van der Waals surface area contributed by atoms with Gasteiger partial charge in [-0.25, -0.2) is 0 Å². The van der Waals surface area contributed by atoms with Crippen LogP contribution < -0.4 is 0 Å². The summed E-state index contributed by atoms with van der Waals surface area (Å²) in [6.07, 6.45) is 3.01. The second-order valence-electron chi connectivity index (χ2n) is 6.65. The Labute approximate surface area is 120 Å². The molecular weight excluding hydrogens is 250 g/mol. The predicted molar refractivity (Wildman–Crippen MR) is 78.6 cm³/mol. The minimum Gasteiger partial charge on any atom is -0.481 e. The van der Waals surface area contributed by atoms with E-state index in [2.05, 4.69) is 36.9 Å². The summed E-state index contributed by atoms with van der Waals surface area (Å²) >= 11 is 0. The Morgan fingerprint density at radius 1 is 1.45 bits per heavy atom. The van der Waals surface area contributed by atoms with Gasteiger partial charge in [0, 0.05) is 19.6 Å². The first-order valence-corrected chi connectivity index (χ1v) is 7.53. The summed E-state index contributed by atoms with van der Waals surface area (Å²) in [5, 5.41) is 9.63. The van der Waals surface area contributed by atoms with Gasteiger partial charge in [0.25, 0.3) is 0 Å². The maximum Gasteiger partial charge on any atom is 0.311 e. The van der Waals surface area contributed by atoms with E-state index >= 15 is 0 Å².